The number of thiophene rings is 1. The molecule has 2 bridgehead atoms. The number of aliphatic carboxylic acids is 1. The van der Waals surface area contributed by atoms with E-state index in [1.54, 1.807) is 11.3 Å². The highest BCUT2D eigenvalue weighted by molar-refractivity contribution is 7.08. The maximum Gasteiger partial charge on any atom is 0.307 e. The van der Waals surface area contributed by atoms with E-state index in [-0.39, 0.29) is 11.3 Å². The first-order valence-corrected chi connectivity index (χ1v) is 5.94. The van der Waals surface area contributed by atoms with E-state index in [0.29, 0.717) is 5.92 Å². The molecule has 4 rings (SSSR count). The van der Waals surface area contributed by atoms with Crippen LogP contribution in [-0.4, -0.2) is 11.1 Å². The molecule has 0 amide bonds. The van der Waals surface area contributed by atoms with Crippen molar-refractivity contribution in [1.82, 2.24) is 0 Å². The van der Waals surface area contributed by atoms with Gasteiger partial charge in [0.2, 0.25) is 0 Å². The smallest absolute Gasteiger partial charge is 0.307 e. The summed E-state index contributed by atoms with van der Waals surface area (Å²) >= 11 is 1.67. The van der Waals surface area contributed by atoms with Crippen molar-refractivity contribution in [2.75, 3.05) is 0 Å². The van der Waals surface area contributed by atoms with Gasteiger partial charge < -0.3 is 5.11 Å². The van der Waals surface area contributed by atoms with Gasteiger partial charge >= 0.3 is 5.97 Å². The SMILES string of the molecule is O=C(O)C1C2CCC1(c1ccsc1)C2. The van der Waals surface area contributed by atoms with Crippen LogP contribution >= 0.6 is 11.3 Å². The monoisotopic (exact) mass is 208 g/mol. The predicted molar refractivity (Wildman–Crippen MR) is 54.5 cm³/mol. The van der Waals surface area contributed by atoms with Crippen LogP contribution in [0.15, 0.2) is 16.8 Å². The van der Waals surface area contributed by atoms with Gasteiger partial charge in [-0.1, -0.05) is 0 Å². The van der Waals surface area contributed by atoms with Crippen molar-refractivity contribution in [1.29, 1.82) is 0 Å². The minimum Gasteiger partial charge on any atom is -0.481 e. The molecule has 14 heavy (non-hydrogen) atoms. The van der Waals surface area contributed by atoms with Crippen LogP contribution in [0.25, 0.3) is 0 Å². The summed E-state index contributed by atoms with van der Waals surface area (Å²) in [6.07, 6.45) is 3.28. The van der Waals surface area contributed by atoms with Crippen molar-refractivity contribution in [3.8, 4) is 0 Å². The zero-order valence-corrected chi connectivity index (χ0v) is 8.59. The lowest BCUT2D eigenvalue weighted by atomic mass is 9.57. The van der Waals surface area contributed by atoms with Crippen LogP contribution in [0, 0.1) is 11.8 Å². The van der Waals surface area contributed by atoms with Gasteiger partial charge in [-0.05, 0) is 47.6 Å². The predicted octanol–water partition coefficient (Wildman–Crippen LogP) is 2.50. The van der Waals surface area contributed by atoms with E-state index in [1.165, 1.54) is 5.56 Å². The van der Waals surface area contributed by atoms with Gasteiger partial charge in [-0.25, -0.2) is 0 Å². The van der Waals surface area contributed by atoms with Gasteiger partial charge in [0.15, 0.2) is 0 Å². The van der Waals surface area contributed by atoms with Crippen LogP contribution < -0.4 is 0 Å². The fourth-order valence-electron chi connectivity index (χ4n) is 3.40. The number of hydrogen-bond donors (Lipinski definition) is 1. The molecule has 74 valence electrons. The fraction of sp³-hybridized carbons (Fsp3) is 0.545. The van der Waals surface area contributed by atoms with Crippen LogP contribution in [-0.2, 0) is 10.2 Å². The second-order valence-electron chi connectivity index (χ2n) is 4.49. The van der Waals surface area contributed by atoms with Crippen molar-refractivity contribution in [2.45, 2.75) is 24.7 Å². The number of fused-ring (bicyclic) bond motifs is 1. The molecule has 2 nitrogen and oxygen atoms in total. The Labute approximate surface area is 86.6 Å². The van der Waals surface area contributed by atoms with Gasteiger partial charge in [0, 0.05) is 5.41 Å². The zero-order chi connectivity index (χ0) is 9.76. The largest absolute Gasteiger partial charge is 0.481 e. The number of carboxylic acids is 1. The highest BCUT2D eigenvalue weighted by Crippen LogP contribution is 2.64. The van der Waals surface area contributed by atoms with E-state index in [1.807, 2.05) is 0 Å². The summed E-state index contributed by atoms with van der Waals surface area (Å²) in [6.45, 7) is 0. The molecule has 0 aromatic carbocycles. The molecule has 3 aliphatic carbocycles. The summed E-state index contributed by atoms with van der Waals surface area (Å²) in [5.74, 6) is -0.241. The number of carbonyl (C=O) groups is 1. The topological polar surface area (TPSA) is 37.3 Å². The highest BCUT2D eigenvalue weighted by atomic mass is 32.1. The third kappa shape index (κ3) is 0.836. The van der Waals surface area contributed by atoms with Gasteiger partial charge in [-0.15, -0.1) is 0 Å². The van der Waals surface area contributed by atoms with Gasteiger partial charge in [0.25, 0.3) is 0 Å². The van der Waals surface area contributed by atoms with Crippen LogP contribution in [0.2, 0.25) is 0 Å². The number of rotatable bonds is 2. The van der Waals surface area contributed by atoms with Crippen molar-refractivity contribution in [3.63, 3.8) is 0 Å². The summed E-state index contributed by atoms with van der Waals surface area (Å²) in [7, 11) is 0. The van der Waals surface area contributed by atoms with Crippen molar-refractivity contribution in [3.05, 3.63) is 22.4 Å². The lowest BCUT2D eigenvalue weighted by Crippen LogP contribution is -2.48. The number of carboxylic acid groups (broad SMARTS) is 1. The van der Waals surface area contributed by atoms with Crippen molar-refractivity contribution in [2.24, 2.45) is 11.8 Å². The second kappa shape index (κ2) is 2.60. The standard InChI is InChI=1S/C11H12O2S/c12-10(13)9-7-1-3-11(9,5-7)8-2-4-14-6-8/h2,4,6-7,9H,1,3,5H2,(H,12,13). The second-order valence-corrected chi connectivity index (χ2v) is 5.27. The molecule has 0 radical (unpaired) electrons. The first-order valence-electron chi connectivity index (χ1n) is 4.99. The maximum absolute atomic E-state index is 11.1. The molecule has 3 unspecified atom stereocenters. The molecule has 0 spiro atoms. The average molecular weight is 208 g/mol. The molecule has 3 fully saturated rings. The average Bonchev–Trinajstić information content (AvgIpc) is 2.77. The molecule has 3 aliphatic rings. The van der Waals surface area contributed by atoms with E-state index in [2.05, 4.69) is 16.8 Å². The van der Waals surface area contributed by atoms with Gasteiger partial charge in [0.05, 0.1) is 5.92 Å². The molecular weight excluding hydrogens is 196 g/mol. The molecule has 0 saturated heterocycles. The van der Waals surface area contributed by atoms with E-state index >= 15 is 0 Å². The van der Waals surface area contributed by atoms with Crippen LogP contribution in [0.3, 0.4) is 0 Å². The molecule has 1 N–H and O–H groups in total. The summed E-state index contributed by atoms with van der Waals surface area (Å²) in [5.41, 5.74) is 1.28. The van der Waals surface area contributed by atoms with Gasteiger partial charge in [-0.2, -0.15) is 11.3 Å². The third-order valence-electron chi connectivity index (χ3n) is 4.02. The van der Waals surface area contributed by atoms with Crippen LogP contribution in [0.5, 0.6) is 0 Å². The Balaban J connectivity index is 2.01. The first kappa shape index (κ1) is 8.48. The molecule has 3 saturated carbocycles. The summed E-state index contributed by atoms with van der Waals surface area (Å²) in [4.78, 5) is 11.1. The Bertz CT molecular complexity index is 367. The highest BCUT2D eigenvalue weighted by Gasteiger charge is 2.63. The molecule has 1 aromatic rings. The van der Waals surface area contributed by atoms with Crippen LogP contribution in [0.4, 0.5) is 0 Å². The maximum atomic E-state index is 11.1. The van der Waals surface area contributed by atoms with E-state index < -0.39 is 5.97 Å². The fourth-order valence-corrected chi connectivity index (χ4v) is 4.16. The molecule has 1 heterocycles. The Morgan fingerprint density at radius 3 is 3.07 bits per heavy atom. The first-order chi connectivity index (χ1) is 6.74. The van der Waals surface area contributed by atoms with Gasteiger partial charge in [0.1, 0.15) is 0 Å². The van der Waals surface area contributed by atoms with Crippen molar-refractivity contribution >= 4 is 17.3 Å². The summed E-state index contributed by atoms with van der Waals surface area (Å²) in [5, 5.41) is 13.4. The Hall–Kier alpha value is -0.830. The summed E-state index contributed by atoms with van der Waals surface area (Å²) in [6, 6.07) is 2.10. The molecular formula is C11H12O2S. The number of hydrogen-bond acceptors (Lipinski definition) is 2. The normalized spacial score (nSPS) is 39.4. The molecule has 1 aromatic heterocycles. The van der Waals surface area contributed by atoms with E-state index in [0.717, 1.165) is 19.3 Å². The minimum atomic E-state index is -0.593. The van der Waals surface area contributed by atoms with Gasteiger partial charge in [-0.3, -0.25) is 4.79 Å². The zero-order valence-electron chi connectivity index (χ0n) is 7.77. The Morgan fingerprint density at radius 2 is 2.50 bits per heavy atom. The quantitative estimate of drug-likeness (QED) is 0.810. The Kier molecular flexibility index (Phi) is 1.57. The van der Waals surface area contributed by atoms with Crippen molar-refractivity contribution < 1.29 is 9.90 Å². The molecule has 3 atom stereocenters. The molecule has 0 aliphatic heterocycles. The Morgan fingerprint density at radius 1 is 1.64 bits per heavy atom. The third-order valence-corrected chi connectivity index (χ3v) is 4.70. The van der Waals surface area contributed by atoms with E-state index in [4.69, 9.17) is 0 Å². The summed E-state index contributed by atoms with van der Waals surface area (Å²) < 4.78 is 0. The lowest BCUT2D eigenvalue weighted by Gasteiger charge is -2.44. The van der Waals surface area contributed by atoms with Crippen LogP contribution in [0.1, 0.15) is 24.8 Å². The molecule has 3 heteroatoms. The minimum absolute atomic E-state index is 0.0104. The lowest BCUT2D eigenvalue weighted by molar-refractivity contribution is -0.150. The van der Waals surface area contributed by atoms with E-state index in [9.17, 15) is 9.90 Å².